The van der Waals surface area contributed by atoms with Crippen LogP contribution in [0.25, 0.3) is 6.08 Å². The van der Waals surface area contributed by atoms with Gasteiger partial charge < -0.3 is 9.84 Å². The third kappa shape index (κ3) is 7.32. The van der Waals surface area contributed by atoms with Crippen molar-refractivity contribution in [3.05, 3.63) is 83.6 Å². The highest BCUT2D eigenvalue weighted by Gasteiger charge is 2.08. The lowest BCUT2D eigenvalue weighted by molar-refractivity contribution is 0.218. The van der Waals surface area contributed by atoms with Gasteiger partial charge in [0.25, 0.3) is 0 Å². The number of unbranched alkanes of at least 4 members (excludes halogenated alkanes) is 1. The number of benzene rings is 2. The number of allylic oxidation sites excluding steroid dienone is 2. The quantitative estimate of drug-likeness (QED) is 0.373. The molecule has 2 aromatic rings. The molecule has 2 rings (SSSR count). The third-order valence-corrected chi connectivity index (χ3v) is 4.69. The standard InChI is InChI=1S/C25H29NO2/c1-3-28-20(2)8-4-5-9-21(16-17-24-10-6-7-11-25(24)27)18-22-12-14-23(19-26)15-13-22/h6-7,10-17,21,27H,2-5,8-9,18H2,1H3/b17-16+. The van der Waals surface area contributed by atoms with Crippen molar-refractivity contribution >= 4 is 6.08 Å². The fraction of sp³-hybridized carbons (Fsp3) is 0.320. The molecule has 0 aromatic heterocycles. The number of phenols is 1. The molecule has 0 fully saturated rings. The first-order valence-corrected chi connectivity index (χ1v) is 9.88. The summed E-state index contributed by atoms with van der Waals surface area (Å²) in [6.45, 7) is 6.59. The number of para-hydroxylation sites is 1. The van der Waals surface area contributed by atoms with Crippen molar-refractivity contribution in [2.75, 3.05) is 6.61 Å². The molecule has 0 amide bonds. The molecule has 0 spiro atoms. The van der Waals surface area contributed by atoms with Gasteiger partial charge in [-0.05, 0) is 55.9 Å². The SMILES string of the molecule is C=C(CCCCC(/C=C/c1ccccc1O)Cc1ccc(C#N)cc1)OCC. The molecule has 3 heteroatoms. The molecule has 0 radical (unpaired) electrons. The van der Waals surface area contributed by atoms with Crippen LogP contribution in [0.5, 0.6) is 5.75 Å². The molecule has 0 aliphatic carbocycles. The summed E-state index contributed by atoms with van der Waals surface area (Å²) in [6, 6.07) is 17.3. The minimum atomic E-state index is 0.295. The van der Waals surface area contributed by atoms with Gasteiger partial charge in [-0.2, -0.15) is 5.26 Å². The number of nitrogens with zero attached hydrogens (tertiary/aromatic N) is 1. The summed E-state index contributed by atoms with van der Waals surface area (Å²) in [6.07, 6.45) is 9.16. The monoisotopic (exact) mass is 375 g/mol. The van der Waals surface area contributed by atoms with Crippen molar-refractivity contribution < 1.29 is 9.84 Å². The summed E-state index contributed by atoms with van der Waals surface area (Å²) in [4.78, 5) is 0. The van der Waals surface area contributed by atoms with Crippen molar-refractivity contribution in [3.8, 4) is 11.8 Å². The maximum Gasteiger partial charge on any atom is 0.122 e. The van der Waals surface area contributed by atoms with E-state index in [1.54, 1.807) is 6.07 Å². The zero-order valence-corrected chi connectivity index (χ0v) is 16.6. The van der Waals surface area contributed by atoms with Crippen LogP contribution in [-0.2, 0) is 11.2 Å². The molecule has 0 heterocycles. The minimum absolute atomic E-state index is 0.295. The maximum absolute atomic E-state index is 9.99. The molecular formula is C25H29NO2. The van der Waals surface area contributed by atoms with E-state index in [4.69, 9.17) is 10.00 Å². The highest BCUT2D eigenvalue weighted by Crippen LogP contribution is 2.23. The van der Waals surface area contributed by atoms with Gasteiger partial charge in [0.2, 0.25) is 0 Å². The zero-order valence-electron chi connectivity index (χ0n) is 16.6. The van der Waals surface area contributed by atoms with Crippen molar-refractivity contribution in [2.45, 2.75) is 39.0 Å². The van der Waals surface area contributed by atoms with Crippen molar-refractivity contribution in [2.24, 2.45) is 5.92 Å². The fourth-order valence-electron chi connectivity index (χ4n) is 3.16. The lowest BCUT2D eigenvalue weighted by Gasteiger charge is -2.14. The van der Waals surface area contributed by atoms with Gasteiger partial charge in [0.05, 0.1) is 24.0 Å². The first-order chi connectivity index (χ1) is 13.6. The molecule has 1 atom stereocenters. The van der Waals surface area contributed by atoms with Crippen molar-refractivity contribution in [1.82, 2.24) is 0 Å². The van der Waals surface area contributed by atoms with E-state index in [2.05, 4.69) is 18.7 Å². The Morgan fingerprint density at radius 3 is 2.61 bits per heavy atom. The van der Waals surface area contributed by atoms with Crippen molar-refractivity contribution in [1.29, 1.82) is 5.26 Å². The van der Waals surface area contributed by atoms with Crippen LogP contribution in [0.2, 0.25) is 0 Å². The smallest absolute Gasteiger partial charge is 0.122 e. The highest BCUT2D eigenvalue weighted by molar-refractivity contribution is 5.56. The van der Waals surface area contributed by atoms with E-state index in [0.717, 1.165) is 43.4 Å². The number of nitriles is 1. The Morgan fingerprint density at radius 2 is 1.93 bits per heavy atom. The van der Waals surface area contributed by atoms with Crippen LogP contribution in [0.15, 0.2) is 66.9 Å². The fourth-order valence-corrected chi connectivity index (χ4v) is 3.16. The number of rotatable bonds is 11. The minimum Gasteiger partial charge on any atom is -0.507 e. The van der Waals surface area contributed by atoms with E-state index in [1.807, 2.05) is 55.5 Å². The second kappa shape index (κ2) is 11.7. The molecule has 1 unspecified atom stereocenters. The summed E-state index contributed by atoms with van der Waals surface area (Å²) in [5.41, 5.74) is 2.72. The van der Waals surface area contributed by atoms with E-state index < -0.39 is 0 Å². The van der Waals surface area contributed by atoms with Crippen LogP contribution in [0.3, 0.4) is 0 Å². The Balaban J connectivity index is 2.00. The van der Waals surface area contributed by atoms with E-state index in [9.17, 15) is 5.11 Å². The van der Waals surface area contributed by atoms with E-state index >= 15 is 0 Å². The Kier molecular flexibility index (Phi) is 8.88. The summed E-state index contributed by atoms with van der Waals surface area (Å²) in [5, 5.41) is 19.0. The number of hydrogen-bond acceptors (Lipinski definition) is 3. The van der Waals surface area contributed by atoms with Crippen LogP contribution < -0.4 is 0 Å². The number of hydrogen-bond donors (Lipinski definition) is 1. The lowest BCUT2D eigenvalue weighted by Crippen LogP contribution is -2.02. The van der Waals surface area contributed by atoms with Crippen molar-refractivity contribution in [3.63, 3.8) is 0 Å². The molecule has 2 aromatic carbocycles. The number of aromatic hydroxyl groups is 1. The van der Waals surface area contributed by atoms with Gasteiger partial charge in [-0.25, -0.2) is 0 Å². The molecule has 0 aliphatic rings. The predicted molar refractivity (Wildman–Crippen MR) is 115 cm³/mol. The number of ether oxygens (including phenoxy) is 1. The second-order valence-electron chi connectivity index (χ2n) is 6.91. The Bertz CT molecular complexity index is 815. The molecule has 1 N–H and O–H groups in total. The van der Waals surface area contributed by atoms with Crippen LogP contribution in [0.4, 0.5) is 0 Å². The van der Waals surface area contributed by atoms with E-state index in [-0.39, 0.29) is 0 Å². The Hall–Kier alpha value is -2.99. The van der Waals surface area contributed by atoms with Gasteiger partial charge in [-0.1, -0.05) is 55.5 Å². The largest absolute Gasteiger partial charge is 0.507 e. The summed E-state index contributed by atoms with van der Waals surface area (Å²) in [7, 11) is 0. The first kappa shape index (κ1) is 21.3. The van der Waals surface area contributed by atoms with Gasteiger partial charge in [0.1, 0.15) is 5.75 Å². The van der Waals surface area contributed by atoms with Crippen LogP contribution in [0.1, 0.15) is 49.3 Å². The Morgan fingerprint density at radius 1 is 1.18 bits per heavy atom. The van der Waals surface area contributed by atoms with E-state index in [1.165, 1.54) is 5.56 Å². The van der Waals surface area contributed by atoms with Crippen LogP contribution in [-0.4, -0.2) is 11.7 Å². The van der Waals surface area contributed by atoms with Crippen LogP contribution >= 0.6 is 0 Å². The average molecular weight is 376 g/mol. The summed E-state index contributed by atoms with van der Waals surface area (Å²) < 4.78 is 5.42. The molecule has 0 bridgehead atoms. The highest BCUT2D eigenvalue weighted by atomic mass is 16.5. The topological polar surface area (TPSA) is 53.2 Å². The van der Waals surface area contributed by atoms with Crippen LogP contribution in [0, 0.1) is 17.2 Å². The lowest BCUT2D eigenvalue weighted by atomic mass is 9.92. The summed E-state index contributed by atoms with van der Waals surface area (Å²) in [5.74, 6) is 1.51. The molecule has 0 saturated carbocycles. The average Bonchev–Trinajstić information content (AvgIpc) is 2.71. The molecular weight excluding hydrogens is 346 g/mol. The van der Waals surface area contributed by atoms with Gasteiger partial charge in [0.15, 0.2) is 0 Å². The predicted octanol–water partition coefficient (Wildman–Crippen LogP) is 6.25. The Labute approximate surface area is 168 Å². The molecule has 0 saturated heterocycles. The molecule has 28 heavy (non-hydrogen) atoms. The van der Waals surface area contributed by atoms with Gasteiger partial charge >= 0.3 is 0 Å². The molecule has 146 valence electrons. The van der Waals surface area contributed by atoms with E-state index in [0.29, 0.717) is 23.8 Å². The third-order valence-electron chi connectivity index (χ3n) is 4.69. The normalized spacial score (nSPS) is 11.9. The van der Waals surface area contributed by atoms with Gasteiger partial charge in [-0.15, -0.1) is 0 Å². The molecule has 3 nitrogen and oxygen atoms in total. The van der Waals surface area contributed by atoms with Gasteiger partial charge in [0, 0.05) is 12.0 Å². The van der Waals surface area contributed by atoms with Gasteiger partial charge in [-0.3, -0.25) is 0 Å². The summed E-state index contributed by atoms with van der Waals surface area (Å²) >= 11 is 0. The zero-order chi connectivity index (χ0) is 20.2. The number of phenolic OH excluding ortho intramolecular Hbond substituents is 1. The molecule has 0 aliphatic heterocycles. The second-order valence-corrected chi connectivity index (χ2v) is 6.91. The first-order valence-electron chi connectivity index (χ1n) is 9.88. The maximum atomic E-state index is 9.99.